The van der Waals surface area contributed by atoms with E-state index < -0.39 is 12.0 Å². The molecule has 4 rings (SSSR count). The summed E-state index contributed by atoms with van der Waals surface area (Å²) in [6, 6.07) is 15.5. The lowest BCUT2D eigenvalue weighted by Crippen LogP contribution is -2.40. The van der Waals surface area contributed by atoms with Crippen molar-refractivity contribution in [1.82, 2.24) is 4.57 Å². The van der Waals surface area contributed by atoms with Crippen LogP contribution < -0.4 is 14.9 Å². The van der Waals surface area contributed by atoms with Gasteiger partial charge in [0, 0.05) is 12.0 Å². The number of nitrogens with zero attached hydrogens (tertiary/aromatic N) is 2. The van der Waals surface area contributed by atoms with E-state index in [-0.39, 0.29) is 12.2 Å². The number of allylic oxidation sites excluding steroid dienone is 1. The van der Waals surface area contributed by atoms with E-state index in [1.54, 1.807) is 30.4 Å². The van der Waals surface area contributed by atoms with Gasteiger partial charge in [-0.05, 0) is 54.0 Å². The molecule has 0 spiro atoms. The van der Waals surface area contributed by atoms with E-state index in [0.29, 0.717) is 33.1 Å². The molecule has 2 aromatic carbocycles. The van der Waals surface area contributed by atoms with Crippen LogP contribution in [0.1, 0.15) is 49.4 Å². The molecule has 0 radical (unpaired) electrons. The van der Waals surface area contributed by atoms with Crippen LogP contribution in [0.3, 0.4) is 0 Å². The normalized spacial score (nSPS) is 15.7. The van der Waals surface area contributed by atoms with Gasteiger partial charge in [-0.3, -0.25) is 9.36 Å². The first-order valence-electron chi connectivity index (χ1n) is 11.8. The molecular weight excluding hydrogens is 492 g/mol. The summed E-state index contributed by atoms with van der Waals surface area (Å²) in [5.74, 6) is -0.123. The van der Waals surface area contributed by atoms with Gasteiger partial charge in [0.15, 0.2) is 4.80 Å². The van der Waals surface area contributed by atoms with Gasteiger partial charge in [0.05, 0.1) is 28.5 Å². The zero-order valence-electron chi connectivity index (χ0n) is 21.1. The maximum Gasteiger partial charge on any atom is 0.338 e. The zero-order chi connectivity index (χ0) is 25.8. The monoisotopic (exact) mass is 522 g/mol. The second-order valence-corrected chi connectivity index (χ2v) is 10.7. The van der Waals surface area contributed by atoms with Crippen molar-refractivity contribution in [3.63, 3.8) is 0 Å². The molecule has 0 N–H and O–H groups in total. The molecule has 1 aromatic heterocycles. The highest BCUT2D eigenvalue weighted by atomic mass is 32.2. The van der Waals surface area contributed by atoms with Gasteiger partial charge in [-0.2, -0.15) is 0 Å². The molecule has 1 unspecified atom stereocenters. The molecule has 0 aliphatic carbocycles. The fraction of sp³-hybridized carbons (Fsp3) is 0.321. The Bertz CT molecular complexity index is 1450. The SMILES string of the molecule is COCCOC(=O)C1=C(C)N=c2sc(=Cc3ccc(SC)cc3)c(=O)n2C1c1ccc(C(C)C)cc1. The molecule has 0 amide bonds. The van der Waals surface area contributed by atoms with Crippen LogP contribution in [0.4, 0.5) is 0 Å². The summed E-state index contributed by atoms with van der Waals surface area (Å²) in [7, 11) is 1.55. The van der Waals surface area contributed by atoms with Gasteiger partial charge in [-0.25, -0.2) is 9.79 Å². The van der Waals surface area contributed by atoms with Crippen molar-refractivity contribution < 1.29 is 14.3 Å². The molecule has 36 heavy (non-hydrogen) atoms. The Balaban J connectivity index is 1.85. The zero-order valence-corrected chi connectivity index (χ0v) is 22.7. The Labute approximate surface area is 219 Å². The van der Waals surface area contributed by atoms with E-state index in [1.807, 2.05) is 60.9 Å². The third kappa shape index (κ3) is 5.40. The summed E-state index contributed by atoms with van der Waals surface area (Å²) in [4.78, 5) is 33.3. The number of carbonyl (C=O) groups excluding carboxylic acids is 1. The molecule has 0 saturated carbocycles. The molecule has 2 heterocycles. The first kappa shape index (κ1) is 26.1. The quantitative estimate of drug-likeness (QED) is 0.251. The number of fused-ring (bicyclic) bond motifs is 1. The summed E-state index contributed by atoms with van der Waals surface area (Å²) in [5, 5.41) is 0. The van der Waals surface area contributed by atoms with Gasteiger partial charge in [0.1, 0.15) is 6.61 Å². The second-order valence-electron chi connectivity index (χ2n) is 8.81. The second kappa shape index (κ2) is 11.4. The van der Waals surface area contributed by atoms with Crippen molar-refractivity contribution in [3.05, 3.63) is 96.2 Å². The lowest BCUT2D eigenvalue weighted by molar-refractivity contribution is -0.140. The number of methoxy groups -OCH3 is 1. The molecule has 3 aromatic rings. The van der Waals surface area contributed by atoms with Gasteiger partial charge in [-0.15, -0.1) is 11.8 Å². The number of thiazole rings is 1. The standard InChI is InChI=1S/C28H30N2O4S2/c1-17(2)20-8-10-21(11-9-20)25-24(27(32)34-15-14-33-4)18(3)29-28-30(25)26(31)23(36-28)16-19-6-12-22(35-5)13-7-19/h6-13,16-17,25H,14-15H2,1-5H3. The third-order valence-electron chi connectivity index (χ3n) is 6.09. The number of aromatic nitrogens is 1. The Kier molecular flexibility index (Phi) is 8.28. The lowest BCUT2D eigenvalue weighted by Gasteiger charge is -2.25. The Morgan fingerprint density at radius 3 is 2.44 bits per heavy atom. The summed E-state index contributed by atoms with van der Waals surface area (Å²) < 4.78 is 12.7. The summed E-state index contributed by atoms with van der Waals surface area (Å²) in [6.07, 6.45) is 3.91. The van der Waals surface area contributed by atoms with Crippen LogP contribution in [-0.4, -0.2) is 37.1 Å². The van der Waals surface area contributed by atoms with Crippen LogP contribution in [0.25, 0.3) is 6.08 Å². The van der Waals surface area contributed by atoms with Gasteiger partial charge in [0.2, 0.25) is 0 Å². The highest BCUT2D eigenvalue weighted by Crippen LogP contribution is 2.31. The first-order valence-corrected chi connectivity index (χ1v) is 13.8. The Morgan fingerprint density at radius 1 is 1.14 bits per heavy atom. The van der Waals surface area contributed by atoms with Gasteiger partial charge in [0.25, 0.3) is 5.56 Å². The van der Waals surface area contributed by atoms with Crippen molar-refractivity contribution in [3.8, 4) is 0 Å². The molecule has 0 fully saturated rings. The topological polar surface area (TPSA) is 69.9 Å². The predicted octanol–water partition coefficient (Wildman–Crippen LogP) is 4.27. The minimum absolute atomic E-state index is 0.127. The molecule has 1 atom stereocenters. The van der Waals surface area contributed by atoms with Crippen LogP contribution in [0.15, 0.2) is 74.5 Å². The van der Waals surface area contributed by atoms with E-state index in [9.17, 15) is 9.59 Å². The number of carbonyl (C=O) groups is 1. The van der Waals surface area contributed by atoms with Crippen molar-refractivity contribution >= 4 is 35.1 Å². The first-order chi connectivity index (χ1) is 17.3. The fourth-order valence-electron chi connectivity index (χ4n) is 4.11. The number of thioether (sulfide) groups is 1. The molecule has 0 bridgehead atoms. The average Bonchev–Trinajstić information content (AvgIpc) is 3.18. The molecule has 0 saturated heterocycles. The Hall–Kier alpha value is -2.94. The van der Waals surface area contributed by atoms with Gasteiger partial charge < -0.3 is 9.47 Å². The summed E-state index contributed by atoms with van der Waals surface area (Å²) in [6.45, 7) is 6.47. The number of benzene rings is 2. The maximum atomic E-state index is 13.7. The van der Waals surface area contributed by atoms with E-state index in [1.165, 1.54) is 16.9 Å². The van der Waals surface area contributed by atoms with Crippen molar-refractivity contribution in [1.29, 1.82) is 0 Å². The highest BCUT2D eigenvalue weighted by molar-refractivity contribution is 7.98. The largest absolute Gasteiger partial charge is 0.460 e. The third-order valence-corrected chi connectivity index (χ3v) is 7.82. The smallest absolute Gasteiger partial charge is 0.338 e. The minimum Gasteiger partial charge on any atom is -0.460 e. The van der Waals surface area contributed by atoms with Crippen LogP contribution in [0, 0.1) is 0 Å². The Morgan fingerprint density at radius 2 is 1.83 bits per heavy atom. The number of rotatable bonds is 8. The summed E-state index contributed by atoms with van der Waals surface area (Å²) in [5.41, 5.74) is 3.69. The van der Waals surface area contributed by atoms with Gasteiger partial charge in [-0.1, -0.05) is 61.6 Å². The number of hydrogen-bond donors (Lipinski definition) is 0. The van der Waals surface area contributed by atoms with Gasteiger partial charge >= 0.3 is 5.97 Å². The molecule has 6 nitrogen and oxygen atoms in total. The number of hydrogen-bond acceptors (Lipinski definition) is 7. The van der Waals surface area contributed by atoms with E-state index >= 15 is 0 Å². The van der Waals surface area contributed by atoms with Crippen molar-refractivity contribution in [2.24, 2.45) is 4.99 Å². The fourth-order valence-corrected chi connectivity index (χ4v) is 5.56. The molecule has 1 aliphatic rings. The highest BCUT2D eigenvalue weighted by Gasteiger charge is 2.33. The predicted molar refractivity (Wildman–Crippen MR) is 145 cm³/mol. The average molecular weight is 523 g/mol. The minimum atomic E-state index is -0.626. The molecular formula is C28H30N2O4S2. The van der Waals surface area contributed by atoms with E-state index in [0.717, 1.165) is 16.0 Å². The number of esters is 1. The lowest BCUT2D eigenvalue weighted by atomic mass is 9.93. The van der Waals surface area contributed by atoms with Crippen LogP contribution >= 0.6 is 23.1 Å². The number of ether oxygens (including phenoxy) is 2. The summed E-state index contributed by atoms with van der Waals surface area (Å²) >= 11 is 3.00. The maximum absolute atomic E-state index is 13.7. The van der Waals surface area contributed by atoms with Crippen LogP contribution in [0.5, 0.6) is 0 Å². The van der Waals surface area contributed by atoms with Crippen molar-refractivity contribution in [2.45, 2.75) is 37.6 Å². The van der Waals surface area contributed by atoms with E-state index in [2.05, 4.69) is 18.8 Å². The van der Waals surface area contributed by atoms with Crippen LogP contribution in [0.2, 0.25) is 0 Å². The van der Waals surface area contributed by atoms with E-state index in [4.69, 9.17) is 9.47 Å². The molecule has 1 aliphatic heterocycles. The molecule has 188 valence electrons. The van der Waals surface area contributed by atoms with Crippen LogP contribution in [-0.2, 0) is 14.3 Å². The van der Waals surface area contributed by atoms with Crippen molar-refractivity contribution in [2.75, 3.05) is 26.6 Å². The molecule has 8 heteroatoms.